The van der Waals surface area contributed by atoms with Gasteiger partial charge in [0, 0.05) is 41.4 Å². The number of imidazole rings is 1. The first-order valence-corrected chi connectivity index (χ1v) is 6.49. The summed E-state index contributed by atoms with van der Waals surface area (Å²) in [5.74, 6) is 0. The second-order valence-corrected chi connectivity index (χ2v) is 5.18. The van der Waals surface area contributed by atoms with Crippen LogP contribution in [0.1, 0.15) is 12.5 Å². The second kappa shape index (κ2) is 4.55. The van der Waals surface area contributed by atoms with Crippen molar-refractivity contribution in [1.82, 2.24) is 14.5 Å². The zero-order chi connectivity index (χ0) is 13.4. The van der Waals surface area contributed by atoms with Crippen molar-refractivity contribution in [3.05, 3.63) is 42.5 Å². The molecule has 1 atom stereocenters. The fourth-order valence-corrected chi connectivity index (χ4v) is 2.38. The first kappa shape index (κ1) is 12.0. The van der Waals surface area contributed by atoms with E-state index in [0.29, 0.717) is 0 Å². The Morgan fingerprint density at radius 2 is 2.26 bits per heavy atom. The van der Waals surface area contributed by atoms with E-state index < -0.39 is 0 Å². The molecule has 3 aromatic rings. The number of hydrogen-bond donors (Lipinski definition) is 2. The molecular weight excluding hydrogens is 236 g/mol. The molecule has 2 heterocycles. The molecule has 3 rings (SSSR count). The van der Waals surface area contributed by atoms with Crippen molar-refractivity contribution in [1.29, 1.82) is 0 Å². The van der Waals surface area contributed by atoms with Gasteiger partial charge in [-0.25, -0.2) is 4.98 Å². The van der Waals surface area contributed by atoms with E-state index >= 15 is 0 Å². The molecule has 2 aromatic heterocycles. The standard InChI is InChI=1S/C15H18N4/c1-10-3-4-12-13(6-17-14(12)5-10)15-8-19(9-18-15)7-11(2)16/h3-6,8-9,11,17H,7,16H2,1-2H3. The number of H-pyrrole nitrogens is 1. The summed E-state index contributed by atoms with van der Waals surface area (Å²) in [4.78, 5) is 7.78. The first-order valence-electron chi connectivity index (χ1n) is 6.49. The second-order valence-electron chi connectivity index (χ2n) is 5.18. The lowest BCUT2D eigenvalue weighted by Gasteiger charge is -2.04. The Bertz CT molecular complexity index is 706. The van der Waals surface area contributed by atoms with Gasteiger partial charge in [0.1, 0.15) is 0 Å². The van der Waals surface area contributed by atoms with E-state index in [1.54, 1.807) is 0 Å². The SMILES string of the molecule is Cc1ccc2c(-c3cn(CC(C)N)cn3)c[nH]c2c1. The maximum absolute atomic E-state index is 5.80. The summed E-state index contributed by atoms with van der Waals surface area (Å²) in [7, 11) is 0. The van der Waals surface area contributed by atoms with Gasteiger partial charge in [-0.3, -0.25) is 0 Å². The minimum absolute atomic E-state index is 0.132. The third kappa shape index (κ3) is 2.27. The minimum atomic E-state index is 0.132. The number of benzene rings is 1. The van der Waals surface area contributed by atoms with Crippen LogP contribution in [0, 0.1) is 6.92 Å². The van der Waals surface area contributed by atoms with Gasteiger partial charge in [-0.2, -0.15) is 0 Å². The van der Waals surface area contributed by atoms with Crippen molar-refractivity contribution in [2.75, 3.05) is 0 Å². The number of rotatable bonds is 3. The van der Waals surface area contributed by atoms with Crippen LogP contribution in [0.4, 0.5) is 0 Å². The van der Waals surface area contributed by atoms with Crippen LogP contribution in [-0.4, -0.2) is 20.6 Å². The molecule has 0 saturated carbocycles. The van der Waals surface area contributed by atoms with E-state index in [0.717, 1.165) is 23.3 Å². The molecule has 0 fully saturated rings. The van der Waals surface area contributed by atoms with Crippen LogP contribution in [0.5, 0.6) is 0 Å². The largest absolute Gasteiger partial charge is 0.360 e. The zero-order valence-electron chi connectivity index (χ0n) is 11.2. The van der Waals surface area contributed by atoms with Gasteiger partial charge in [-0.05, 0) is 25.5 Å². The number of fused-ring (bicyclic) bond motifs is 1. The van der Waals surface area contributed by atoms with Crippen molar-refractivity contribution in [3.63, 3.8) is 0 Å². The molecule has 0 aliphatic heterocycles. The first-order chi connectivity index (χ1) is 9.13. The quantitative estimate of drug-likeness (QED) is 0.755. The van der Waals surface area contributed by atoms with Gasteiger partial charge in [0.05, 0.1) is 12.0 Å². The number of nitrogens with zero attached hydrogens (tertiary/aromatic N) is 2. The number of aryl methyl sites for hydroxylation is 1. The molecule has 0 saturated heterocycles. The molecule has 3 N–H and O–H groups in total. The summed E-state index contributed by atoms with van der Waals surface area (Å²) >= 11 is 0. The van der Waals surface area contributed by atoms with E-state index in [2.05, 4.69) is 35.1 Å². The number of nitrogens with two attached hydrogens (primary N) is 1. The van der Waals surface area contributed by atoms with E-state index in [1.807, 2.05) is 30.2 Å². The van der Waals surface area contributed by atoms with Crippen molar-refractivity contribution in [3.8, 4) is 11.3 Å². The van der Waals surface area contributed by atoms with E-state index in [-0.39, 0.29) is 6.04 Å². The molecule has 0 aliphatic carbocycles. The third-order valence-electron chi connectivity index (χ3n) is 3.25. The van der Waals surface area contributed by atoms with Crippen molar-refractivity contribution in [2.45, 2.75) is 26.4 Å². The zero-order valence-corrected chi connectivity index (χ0v) is 11.2. The average Bonchev–Trinajstić information content (AvgIpc) is 2.93. The fourth-order valence-electron chi connectivity index (χ4n) is 2.38. The number of hydrogen-bond acceptors (Lipinski definition) is 2. The minimum Gasteiger partial charge on any atom is -0.360 e. The Morgan fingerprint density at radius 1 is 1.42 bits per heavy atom. The highest BCUT2D eigenvalue weighted by Gasteiger charge is 2.09. The van der Waals surface area contributed by atoms with Gasteiger partial charge in [0.2, 0.25) is 0 Å². The Balaban J connectivity index is 2.02. The predicted molar refractivity (Wildman–Crippen MR) is 77.9 cm³/mol. The molecule has 1 aromatic carbocycles. The lowest BCUT2D eigenvalue weighted by atomic mass is 10.1. The molecule has 0 amide bonds. The summed E-state index contributed by atoms with van der Waals surface area (Å²) in [6.07, 6.45) is 5.90. The highest BCUT2D eigenvalue weighted by molar-refractivity contribution is 5.94. The summed E-state index contributed by atoms with van der Waals surface area (Å²) in [6, 6.07) is 6.55. The fraction of sp³-hybridized carbons (Fsp3) is 0.267. The molecule has 19 heavy (non-hydrogen) atoms. The lowest BCUT2D eigenvalue weighted by molar-refractivity contribution is 0.589. The Hall–Kier alpha value is -2.07. The smallest absolute Gasteiger partial charge is 0.0954 e. The van der Waals surface area contributed by atoms with Crippen molar-refractivity contribution in [2.24, 2.45) is 5.73 Å². The Morgan fingerprint density at radius 3 is 3.05 bits per heavy atom. The van der Waals surface area contributed by atoms with Gasteiger partial charge in [-0.1, -0.05) is 12.1 Å². The van der Waals surface area contributed by atoms with Crippen molar-refractivity contribution < 1.29 is 0 Å². The third-order valence-corrected chi connectivity index (χ3v) is 3.25. The molecule has 4 heteroatoms. The van der Waals surface area contributed by atoms with Gasteiger partial charge < -0.3 is 15.3 Å². The van der Waals surface area contributed by atoms with Gasteiger partial charge in [-0.15, -0.1) is 0 Å². The maximum Gasteiger partial charge on any atom is 0.0954 e. The van der Waals surface area contributed by atoms with Gasteiger partial charge in [0.15, 0.2) is 0 Å². The molecule has 4 nitrogen and oxygen atoms in total. The average molecular weight is 254 g/mol. The number of aromatic nitrogens is 3. The topological polar surface area (TPSA) is 59.6 Å². The van der Waals surface area contributed by atoms with Crippen LogP contribution in [0.3, 0.4) is 0 Å². The highest BCUT2D eigenvalue weighted by atomic mass is 15.0. The molecule has 0 aliphatic rings. The highest BCUT2D eigenvalue weighted by Crippen LogP contribution is 2.27. The van der Waals surface area contributed by atoms with Crippen LogP contribution < -0.4 is 5.73 Å². The predicted octanol–water partition coefficient (Wildman–Crippen LogP) is 2.69. The molecular formula is C15H18N4. The molecule has 0 spiro atoms. The molecule has 0 radical (unpaired) electrons. The molecule has 98 valence electrons. The molecule has 0 bridgehead atoms. The number of nitrogens with one attached hydrogen (secondary N) is 1. The lowest BCUT2D eigenvalue weighted by Crippen LogP contribution is -2.21. The normalized spacial score (nSPS) is 13.0. The van der Waals surface area contributed by atoms with Crippen LogP contribution in [-0.2, 0) is 6.54 Å². The van der Waals surface area contributed by atoms with E-state index in [1.165, 1.54) is 10.9 Å². The monoisotopic (exact) mass is 254 g/mol. The maximum atomic E-state index is 5.80. The van der Waals surface area contributed by atoms with Gasteiger partial charge >= 0.3 is 0 Å². The Kier molecular flexibility index (Phi) is 2.87. The van der Waals surface area contributed by atoms with Crippen LogP contribution in [0.15, 0.2) is 36.9 Å². The molecule has 1 unspecified atom stereocenters. The summed E-state index contributed by atoms with van der Waals surface area (Å²) in [5.41, 5.74) is 10.3. The number of aromatic amines is 1. The van der Waals surface area contributed by atoms with Crippen LogP contribution in [0.25, 0.3) is 22.2 Å². The Labute approximate surface area is 112 Å². The van der Waals surface area contributed by atoms with Gasteiger partial charge in [0.25, 0.3) is 0 Å². The van der Waals surface area contributed by atoms with Crippen molar-refractivity contribution >= 4 is 10.9 Å². The summed E-state index contributed by atoms with van der Waals surface area (Å²) < 4.78 is 2.03. The summed E-state index contributed by atoms with van der Waals surface area (Å²) in [6.45, 7) is 4.87. The van der Waals surface area contributed by atoms with E-state index in [9.17, 15) is 0 Å². The van der Waals surface area contributed by atoms with E-state index in [4.69, 9.17) is 5.73 Å². The van der Waals surface area contributed by atoms with Crippen LogP contribution in [0.2, 0.25) is 0 Å². The van der Waals surface area contributed by atoms with Crippen LogP contribution >= 0.6 is 0 Å². The summed E-state index contributed by atoms with van der Waals surface area (Å²) in [5, 5.41) is 1.21.